The summed E-state index contributed by atoms with van der Waals surface area (Å²) in [4.78, 5) is 41.6. The van der Waals surface area contributed by atoms with Crippen molar-refractivity contribution < 1.29 is 4.39 Å². The van der Waals surface area contributed by atoms with Crippen LogP contribution in [0, 0.1) is 33.5 Å². The first-order valence-corrected chi connectivity index (χ1v) is 42.7. The molecule has 0 atom stereocenters. The van der Waals surface area contributed by atoms with Gasteiger partial charge in [0.2, 0.25) is 0 Å². The number of halogens is 2. The van der Waals surface area contributed by atoms with E-state index in [0.717, 1.165) is 108 Å². The summed E-state index contributed by atoms with van der Waals surface area (Å²) in [5, 5.41) is 0.782. The van der Waals surface area contributed by atoms with E-state index in [-0.39, 0.29) is 5.82 Å². The summed E-state index contributed by atoms with van der Waals surface area (Å²) >= 11 is 5.91. The number of aryl methyl sites for hydroxylation is 4. The van der Waals surface area contributed by atoms with E-state index in [9.17, 15) is 4.39 Å². The number of hydrogen-bond donors (Lipinski definition) is 0. The first-order chi connectivity index (χ1) is 58.5. The molecule has 0 saturated carbocycles. The smallest absolute Gasteiger partial charge is 0.130 e. The van der Waals surface area contributed by atoms with E-state index in [0.29, 0.717) is 5.56 Å². The van der Waals surface area contributed by atoms with Gasteiger partial charge >= 0.3 is 0 Å². The van der Waals surface area contributed by atoms with Gasteiger partial charge in [-0.3, -0.25) is 39.9 Å². The number of benzene rings is 9. The van der Waals surface area contributed by atoms with Crippen LogP contribution in [0.3, 0.4) is 0 Å². The van der Waals surface area contributed by atoms with Crippen LogP contribution in [0.15, 0.2) is 333 Å². The molecule has 0 unspecified atom stereocenters. The monoisotopic (exact) mass is 1630 g/mol. The third-order valence-corrected chi connectivity index (χ3v) is 22.2. The highest BCUT2D eigenvalue weighted by atomic mass is 35.5. The zero-order chi connectivity index (χ0) is 87.5. The first-order valence-electron chi connectivity index (χ1n) is 42.3. The first kappa shape index (κ1) is 92.0. The molecular formula is C110H120ClFN10. The Morgan fingerprint density at radius 3 is 0.836 bits per heavy atom. The highest BCUT2D eigenvalue weighted by Crippen LogP contribution is 2.37. The lowest BCUT2D eigenvalue weighted by molar-refractivity contribution is 0.615. The minimum Gasteiger partial charge on any atom is -0.366 e. The standard InChI is InChI=1S/C13H16N2.3C13H15N.C12H12FN.2C12H13N.C11H10ClN.C11H11N/c1-10-12(9-13(14-10)15(2)3)11-7-5-4-6-8-11;1-9-4-6-12(7-5-9)13-8-10(2)14-11(13)3;2*1-9-5-4-6-12(7-9)13-8-10(2)14-11(13)3;1-8-7-11(9(2)14-8)10-5-3-4-6-12(10)13;1-9-4-3-5-11(8-9)12-6-7-13-10(12)2;1-9-8-12(10(2)13-9)11-6-4-3-5-7-11;1-8-11(5-6-13-8)9-3-2-4-10(12)7-9;1-9-11(7-8-12-9)10-5-3-2-4-6-10/h4-8H,9H2,1-3H3;3*4-7H,8H2,1-3H3;3-6H,7H2,1-2H3;3-5,7-8H,6H2,1-2H3;3-7H,8H2,1-2H3;2-4,6-7H,5H2,1H3;2-6,8H,7H2,1H3. The maximum Gasteiger partial charge on any atom is 0.130 e. The zero-order valence-corrected chi connectivity index (χ0v) is 76.1. The maximum absolute atomic E-state index is 13.5. The summed E-state index contributed by atoms with van der Waals surface area (Å²) in [6, 6.07) is 80.7. The van der Waals surface area contributed by atoms with Crippen molar-refractivity contribution in [2.75, 3.05) is 14.1 Å². The van der Waals surface area contributed by atoms with Gasteiger partial charge in [0.25, 0.3) is 0 Å². The Morgan fingerprint density at radius 2 is 0.525 bits per heavy atom. The molecule has 9 aromatic rings. The van der Waals surface area contributed by atoms with Crippen LogP contribution in [-0.2, 0) is 0 Å². The molecule has 10 nitrogen and oxygen atoms in total. The Hall–Kier alpha value is -12.3. The predicted molar refractivity (Wildman–Crippen MR) is 529 cm³/mol. The Balaban J connectivity index is 0.000000144. The van der Waals surface area contributed by atoms with Gasteiger partial charge in [-0.1, -0.05) is 252 Å². The molecule has 0 aliphatic carbocycles. The highest BCUT2D eigenvalue weighted by Gasteiger charge is 2.21. The fraction of sp³-hybridized carbons (Fsp3) is 0.264. The molecule has 624 valence electrons. The van der Waals surface area contributed by atoms with Crippen LogP contribution in [-0.4, -0.2) is 72.0 Å². The third-order valence-electron chi connectivity index (χ3n) is 22.0. The van der Waals surface area contributed by atoms with Crippen LogP contribution in [0.5, 0.6) is 0 Å². The second-order valence-corrected chi connectivity index (χ2v) is 32.8. The lowest BCUT2D eigenvalue weighted by Gasteiger charge is -2.12. The van der Waals surface area contributed by atoms with Gasteiger partial charge in [0.05, 0.1) is 0 Å². The number of hydrogen-bond acceptors (Lipinski definition) is 10. The molecule has 122 heavy (non-hydrogen) atoms. The lowest BCUT2D eigenvalue weighted by Crippen LogP contribution is -2.19. The van der Waals surface area contributed by atoms with Crippen LogP contribution in [0.2, 0.25) is 5.02 Å². The van der Waals surface area contributed by atoms with E-state index in [2.05, 4.69) is 330 Å². The fourth-order valence-electron chi connectivity index (χ4n) is 15.6. The van der Waals surface area contributed by atoms with E-state index < -0.39 is 0 Å². The van der Waals surface area contributed by atoms with Crippen molar-refractivity contribution in [2.24, 2.45) is 44.9 Å². The van der Waals surface area contributed by atoms with Gasteiger partial charge in [0, 0.05) is 181 Å². The Kier molecular flexibility index (Phi) is 33.8. The van der Waals surface area contributed by atoms with Crippen molar-refractivity contribution in [3.63, 3.8) is 0 Å². The number of rotatable bonds is 9. The minimum absolute atomic E-state index is 0.160. The molecule has 0 bridgehead atoms. The molecule has 0 spiro atoms. The number of amidine groups is 1. The van der Waals surface area contributed by atoms with Gasteiger partial charge in [-0.25, -0.2) is 9.38 Å². The summed E-state index contributed by atoms with van der Waals surface area (Å²) in [6.45, 7) is 37.3. The van der Waals surface area contributed by atoms with Crippen molar-refractivity contribution in [1.82, 2.24) is 4.90 Å². The molecule has 0 N–H and O–H groups in total. The van der Waals surface area contributed by atoms with Crippen LogP contribution in [0.4, 0.5) is 4.39 Å². The molecule has 0 amide bonds. The van der Waals surface area contributed by atoms with E-state index in [4.69, 9.17) is 11.6 Å². The zero-order valence-electron chi connectivity index (χ0n) is 75.3. The maximum atomic E-state index is 13.5. The van der Waals surface area contributed by atoms with Gasteiger partial charge in [-0.15, -0.1) is 0 Å². The van der Waals surface area contributed by atoms with Crippen molar-refractivity contribution in [1.29, 1.82) is 0 Å². The number of aliphatic imine (C=N–C) groups is 9. The summed E-state index contributed by atoms with van der Waals surface area (Å²) in [7, 11) is 4.08. The second-order valence-electron chi connectivity index (χ2n) is 32.4. The quantitative estimate of drug-likeness (QED) is 0.141. The summed E-state index contributed by atoms with van der Waals surface area (Å²) in [5.74, 6) is 0.984. The van der Waals surface area contributed by atoms with E-state index in [1.54, 1.807) is 6.07 Å². The van der Waals surface area contributed by atoms with Crippen molar-refractivity contribution in [2.45, 2.75) is 182 Å². The van der Waals surface area contributed by atoms with Crippen molar-refractivity contribution in [3.8, 4) is 0 Å². The van der Waals surface area contributed by atoms with Crippen LogP contribution >= 0.6 is 11.6 Å². The van der Waals surface area contributed by atoms with Crippen molar-refractivity contribution >= 4 is 115 Å². The fourth-order valence-corrected chi connectivity index (χ4v) is 15.8. The average molecular weight is 1640 g/mol. The molecule has 0 saturated heterocycles. The molecule has 9 aliphatic heterocycles. The van der Waals surface area contributed by atoms with Gasteiger partial charge in [-0.2, -0.15) is 0 Å². The second kappa shape index (κ2) is 44.8. The van der Waals surface area contributed by atoms with E-state index in [1.807, 2.05) is 102 Å². The highest BCUT2D eigenvalue weighted by molar-refractivity contribution is 6.30. The molecule has 12 heteroatoms. The Morgan fingerprint density at radius 1 is 0.246 bits per heavy atom. The van der Waals surface area contributed by atoms with Crippen LogP contribution < -0.4 is 0 Å². The Labute approximate surface area is 731 Å². The van der Waals surface area contributed by atoms with E-state index >= 15 is 0 Å². The SMILES string of the molecule is CC1=C(c2cccc(C)c2)CC=N1.CC1=C(c2cccc(Cl)c2)CC=N1.CC1=C(c2ccccc2)CC(N(C)C)=N1.CC1=C(c2ccccc2)CC=N1.CC1=NC(C)=C(c2ccc(C)cc2)C1.CC1=NC(C)=C(c2cccc(C)c2)C1.CC1=NC(C)=C(c2cccc(C)c2)C1.CC1=NC(C)=C(c2ccccc2)C1.CC1=NC(C)=C(c2ccccc2F)C1. The van der Waals surface area contributed by atoms with Gasteiger partial charge in [-0.05, 0) is 237 Å². The van der Waals surface area contributed by atoms with Gasteiger partial charge in [0.15, 0.2) is 0 Å². The molecule has 9 heterocycles. The Bertz CT molecular complexity index is 5710. The number of nitrogens with zero attached hydrogens (tertiary/aromatic N) is 10. The molecule has 0 aromatic heterocycles. The molecule has 9 aliphatic rings. The van der Waals surface area contributed by atoms with Crippen molar-refractivity contribution in [3.05, 3.63) is 371 Å². The topological polar surface area (TPSA) is 114 Å². The lowest BCUT2D eigenvalue weighted by atomic mass is 10.00. The molecule has 0 radical (unpaired) electrons. The summed E-state index contributed by atoms with van der Waals surface area (Å²) < 4.78 is 13.5. The van der Waals surface area contributed by atoms with Crippen LogP contribution in [0.25, 0.3) is 50.2 Å². The molecule has 9 aromatic carbocycles. The molecule has 0 fully saturated rings. The summed E-state index contributed by atoms with van der Waals surface area (Å²) in [5.41, 5.74) is 44.3. The minimum atomic E-state index is -0.160. The average Bonchev–Trinajstić information content (AvgIpc) is 1.72. The largest absolute Gasteiger partial charge is 0.366 e. The normalized spacial score (nSPS) is 15.9. The molecule has 18 rings (SSSR count). The third kappa shape index (κ3) is 26.6. The molecular weight excluding hydrogens is 1520 g/mol. The van der Waals surface area contributed by atoms with Gasteiger partial charge in [0.1, 0.15) is 11.7 Å². The van der Waals surface area contributed by atoms with E-state index in [1.165, 1.54) is 163 Å². The van der Waals surface area contributed by atoms with Gasteiger partial charge < -0.3 is 4.90 Å². The summed E-state index contributed by atoms with van der Waals surface area (Å²) in [6.07, 6.45) is 14.5. The number of allylic oxidation sites excluding steroid dienone is 17. The predicted octanol–water partition coefficient (Wildman–Crippen LogP) is 29.9. The van der Waals surface area contributed by atoms with Crippen LogP contribution in [0.1, 0.15) is 227 Å².